The van der Waals surface area contributed by atoms with Crippen LogP contribution >= 0.6 is 15.9 Å². The highest BCUT2D eigenvalue weighted by molar-refractivity contribution is 9.10. The second-order valence-corrected chi connectivity index (χ2v) is 4.31. The smallest absolute Gasteiger partial charge is 0.259 e. The summed E-state index contributed by atoms with van der Waals surface area (Å²) in [5.74, 6) is 0. The molecule has 0 aliphatic carbocycles. The fourth-order valence-corrected chi connectivity index (χ4v) is 2.08. The second kappa shape index (κ2) is 6.30. The third-order valence-electron chi connectivity index (χ3n) is 2.29. The van der Waals surface area contributed by atoms with E-state index in [2.05, 4.69) is 26.3 Å². The van der Waals surface area contributed by atoms with E-state index in [0.717, 1.165) is 6.42 Å². The molecule has 0 bridgehead atoms. The number of nitrogens with zero attached hydrogens (tertiary/aromatic N) is 2. The summed E-state index contributed by atoms with van der Waals surface area (Å²) in [4.78, 5) is 0. The van der Waals surface area contributed by atoms with Crippen LogP contribution in [0.5, 0.6) is 0 Å². The van der Waals surface area contributed by atoms with E-state index >= 15 is 0 Å². The van der Waals surface area contributed by atoms with Gasteiger partial charge in [-0.2, -0.15) is 5.10 Å². The lowest BCUT2D eigenvalue weighted by Crippen LogP contribution is -2.30. The first-order valence-electron chi connectivity index (χ1n) is 5.34. The van der Waals surface area contributed by atoms with Crippen LogP contribution in [0.4, 0.5) is 8.78 Å². The van der Waals surface area contributed by atoms with Crippen LogP contribution in [0.2, 0.25) is 0 Å². The molecule has 3 nitrogen and oxygen atoms in total. The van der Waals surface area contributed by atoms with E-state index in [9.17, 15) is 8.78 Å². The Bertz CT molecular complexity index is 328. The van der Waals surface area contributed by atoms with Crippen molar-refractivity contribution in [1.82, 2.24) is 15.1 Å². The van der Waals surface area contributed by atoms with Crippen LogP contribution in [0.1, 0.15) is 32.0 Å². The maximum absolute atomic E-state index is 13.0. The molecule has 0 radical (unpaired) electrons. The predicted molar refractivity (Wildman–Crippen MR) is 62.6 cm³/mol. The quantitative estimate of drug-likeness (QED) is 0.874. The van der Waals surface area contributed by atoms with Crippen molar-refractivity contribution in [2.75, 3.05) is 6.54 Å². The average Bonchev–Trinajstić information content (AvgIpc) is 2.61. The topological polar surface area (TPSA) is 29.9 Å². The molecule has 0 spiro atoms. The van der Waals surface area contributed by atoms with Crippen molar-refractivity contribution in [1.29, 1.82) is 0 Å². The van der Waals surface area contributed by atoms with Crippen molar-refractivity contribution >= 4 is 15.9 Å². The van der Waals surface area contributed by atoms with Gasteiger partial charge in [-0.15, -0.1) is 0 Å². The van der Waals surface area contributed by atoms with Crippen molar-refractivity contribution in [3.8, 4) is 0 Å². The fraction of sp³-hybridized carbons (Fsp3) is 0.700. The number of hydrogen-bond acceptors (Lipinski definition) is 2. The number of nitrogens with one attached hydrogen (secondary N) is 1. The van der Waals surface area contributed by atoms with Gasteiger partial charge < -0.3 is 5.32 Å². The molecule has 16 heavy (non-hydrogen) atoms. The summed E-state index contributed by atoms with van der Waals surface area (Å²) in [5.41, 5.74) is 0.519. The minimum atomic E-state index is -2.44. The van der Waals surface area contributed by atoms with Gasteiger partial charge in [-0.05, 0) is 35.8 Å². The molecule has 1 rings (SSSR count). The summed E-state index contributed by atoms with van der Waals surface area (Å²) in [5, 5.41) is 6.89. The first kappa shape index (κ1) is 13.6. The highest BCUT2D eigenvalue weighted by Crippen LogP contribution is 2.27. The first-order valence-corrected chi connectivity index (χ1v) is 6.13. The Balaban J connectivity index is 2.95. The third kappa shape index (κ3) is 3.01. The molecule has 1 aromatic rings. The fourth-order valence-electron chi connectivity index (χ4n) is 1.54. The van der Waals surface area contributed by atoms with Crippen molar-refractivity contribution in [3.05, 3.63) is 16.4 Å². The van der Waals surface area contributed by atoms with Crippen LogP contribution in [-0.4, -0.2) is 22.8 Å². The molecule has 0 aromatic carbocycles. The molecule has 0 aliphatic heterocycles. The molecule has 1 heterocycles. The monoisotopic (exact) mass is 295 g/mol. The van der Waals surface area contributed by atoms with Crippen LogP contribution < -0.4 is 5.32 Å². The summed E-state index contributed by atoms with van der Waals surface area (Å²) >= 11 is 3.26. The zero-order valence-corrected chi connectivity index (χ0v) is 11.0. The van der Waals surface area contributed by atoms with Gasteiger partial charge >= 0.3 is 0 Å². The summed E-state index contributed by atoms with van der Waals surface area (Å²) in [6.07, 6.45) is -0.0620. The Morgan fingerprint density at radius 3 is 2.69 bits per heavy atom. The van der Waals surface area contributed by atoms with Crippen molar-refractivity contribution in [2.45, 2.75) is 39.3 Å². The summed E-state index contributed by atoms with van der Waals surface area (Å²) in [6, 6.07) is -0.961. The van der Waals surface area contributed by atoms with E-state index in [4.69, 9.17) is 0 Å². The minimum Gasteiger partial charge on any atom is -0.304 e. The van der Waals surface area contributed by atoms with Gasteiger partial charge in [-0.3, -0.25) is 4.68 Å². The number of rotatable bonds is 6. The standard InChI is InChI=1S/C10H16BrF2N3/c1-3-5-14-8(10(12)13)9-7(11)6-15-16(9)4-2/h6,8,10,14H,3-5H2,1-2H3. The van der Waals surface area contributed by atoms with Gasteiger partial charge in [0.25, 0.3) is 6.43 Å². The zero-order chi connectivity index (χ0) is 12.1. The Morgan fingerprint density at radius 1 is 1.50 bits per heavy atom. The lowest BCUT2D eigenvalue weighted by atomic mass is 10.2. The zero-order valence-electron chi connectivity index (χ0n) is 9.38. The molecular weight excluding hydrogens is 280 g/mol. The molecule has 0 fully saturated rings. The molecule has 1 aromatic heterocycles. The normalized spacial score (nSPS) is 13.4. The van der Waals surface area contributed by atoms with Gasteiger partial charge in [0.05, 0.1) is 16.4 Å². The van der Waals surface area contributed by atoms with Gasteiger partial charge in [0.2, 0.25) is 0 Å². The van der Waals surface area contributed by atoms with E-state index in [-0.39, 0.29) is 0 Å². The van der Waals surface area contributed by atoms with Crippen molar-refractivity contribution in [3.63, 3.8) is 0 Å². The molecule has 1 atom stereocenters. The molecule has 0 amide bonds. The Morgan fingerprint density at radius 2 is 2.19 bits per heavy atom. The van der Waals surface area contributed by atoms with Gasteiger partial charge in [-0.1, -0.05) is 6.92 Å². The SMILES string of the molecule is CCCNC(c1c(Br)cnn1CC)C(F)F. The van der Waals surface area contributed by atoms with Gasteiger partial charge in [0.15, 0.2) is 0 Å². The molecular formula is C10H16BrF2N3. The minimum absolute atomic E-state index is 0.519. The van der Waals surface area contributed by atoms with Gasteiger partial charge in [-0.25, -0.2) is 8.78 Å². The van der Waals surface area contributed by atoms with E-state index < -0.39 is 12.5 Å². The predicted octanol–water partition coefficient (Wildman–Crippen LogP) is 2.97. The molecule has 6 heteroatoms. The highest BCUT2D eigenvalue weighted by Gasteiger charge is 2.27. The number of alkyl halides is 2. The molecule has 1 N–H and O–H groups in total. The maximum Gasteiger partial charge on any atom is 0.259 e. The summed E-state index contributed by atoms with van der Waals surface area (Å²) in [7, 11) is 0. The summed E-state index contributed by atoms with van der Waals surface area (Å²) < 4.78 is 28.1. The number of aromatic nitrogens is 2. The number of aryl methyl sites for hydroxylation is 1. The Hall–Kier alpha value is -0.490. The first-order chi connectivity index (χ1) is 7.61. The van der Waals surface area contributed by atoms with Crippen molar-refractivity contribution in [2.24, 2.45) is 0 Å². The van der Waals surface area contributed by atoms with E-state index in [1.807, 2.05) is 13.8 Å². The average molecular weight is 296 g/mol. The number of halogens is 3. The number of hydrogen-bond donors (Lipinski definition) is 1. The Kier molecular flexibility index (Phi) is 5.34. The van der Waals surface area contributed by atoms with E-state index in [1.54, 1.807) is 10.9 Å². The van der Waals surface area contributed by atoms with Gasteiger partial charge in [0.1, 0.15) is 6.04 Å². The largest absolute Gasteiger partial charge is 0.304 e. The van der Waals surface area contributed by atoms with E-state index in [1.165, 1.54) is 0 Å². The third-order valence-corrected chi connectivity index (χ3v) is 2.90. The molecule has 0 saturated heterocycles. The van der Waals surface area contributed by atoms with Crippen LogP contribution in [0, 0.1) is 0 Å². The van der Waals surface area contributed by atoms with Gasteiger partial charge in [0, 0.05) is 6.54 Å². The molecule has 0 saturated carbocycles. The van der Waals surface area contributed by atoms with Crippen LogP contribution in [-0.2, 0) is 6.54 Å². The van der Waals surface area contributed by atoms with Crippen LogP contribution in [0.15, 0.2) is 10.7 Å². The molecule has 0 aliphatic rings. The van der Waals surface area contributed by atoms with E-state index in [0.29, 0.717) is 23.3 Å². The summed E-state index contributed by atoms with van der Waals surface area (Å²) in [6.45, 7) is 4.97. The molecule has 1 unspecified atom stereocenters. The molecule has 92 valence electrons. The highest BCUT2D eigenvalue weighted by atomic mass is 79.9. The van der Waals surface area contributed by atoms with Crippen LogP contribution in [0.25, 0.3) is 0 Å². The Labute approximate surface area is 102 Å². The van der Waals surface area contributed by atoms with Crippen LogP contribution in [0.3, 0.4) is 0 Å². The lowest BCUT2D eigenvalue weighted by Gasteiger charge is -2.19. The maximum atomic E-state index is 13.0. The van der Waals surface area contributed by atoms with Crippen molar-refractivity contribution < 1.29 is 8.78 Å². The lowest BCUT2D eigenvalue weighted by molar-refractivity contribution is 0.0940. The second-order valence-electron chi connectivity index (χ2n) is 3.46.